The second kappa shape index (κ2) is 9.56. The van der Waals surface area contributed by atoms with Gasteiger partial charge in [-0.2, -0.15) is 4.80 Å². The molecule has 2 heterocycles. The summed E-state index contributed by atoms with van der Waals surface area (Å²) >= 11 is 0. The van der Waals surface area contributed by atoms with E-state index in [0.29, 0.717) is 37.8 Å². The molecule has 146 valence electrons. The molecule has 0 saturated carbocycles. The Morgan fingerprint density at radius 1 is 1.25 bits per heavy atom. The van der Waals surface area contributed by atoms with Crippen LogP contribution in [0.5, 0.6) is 0 Å². The van der Waals surface area contributed by atoms with E-state index in [0.717, 1.165) is 11.3 Å². The molecule has 0 bridgehead atoms. The van der Waals surface area contributed by atoms with Crippen LogP contribution >= 0.6 is 0 Å². The lowest BCUT2D eigenvalue weighted by Crippen LogP contribution is -2.37. The topological polar surface area (TPSA) is 98.1 Å². The summed E-state index contributed by atoms with van der Waals surface area (Å²) in [4.78, 5) is 20.3. The monoisotopic (exact) mass is 381 g/mol. The lowest BCUT2D eigenvalue weighted by molar-refractivity contribution is 0.152. The second-order valence-corrected chi connectivity index (χ2v) is 6.05. The van der Waals surface area contributed by atoms with E-state index in [9.17, 15) is 4.79 Å². The van der Waals surface area contributed by atoms with E-state index < -0.39 is 0 Å². The maximum Gasteiger partial charge on any atom is 0.322 e. The Morgan fingerprint density at radius 2 is 2.14 bits per heavy atom. The summed E-state index contributed by atoms with van der Waals surface area (Å²) in [7, 11) is 1.61. The van der Waals surface area contributed by atoms with Crippen molar-refractivity contribution in [1.82, 2.24) is 30.1 Å². The van der Waals surface area contributed by atoms with E-state index in [2.05, 4.69) is 25.7 Å². The molecular weight excluding hydrogens is 358 g/mol. The molecule has 0 atom stereocenters. The molecule has 9 nitrogen and oxygen atoms in total. The number of hydrogen-bond donors (Lipinski definition) is 1. The molecule has 2 amide bonds. The first-order chi connectivity index (χ1) is 13.7. The number of aryl methyl sites for hydroxylation is 1. The number of rotatable bonds is 8. The molecule has 3 rings (SSSR count). The zero-order valence-corrected chi connectivity index (χ0v) is 15.9. The third-order valence-electron chi connectivity index (χ3n) is 4.04. The summed E-state index contributed by atoms with van der Waals surface area (Å²) in [5, 5.41) is 15.2. The number of methoxy groups -OCH3 is 1. The van der Waals surface area contributed by atoms with Crippen LogP contribution in [0.2, 0.25) is 0 Å². The molecule has 3 aromatic rings. The zero-order chi connectivity index (χ0) is 19.8. The highest BCUT2D eigenvalue weighted by atomic mass is 16.5. The predicted octanol–water partition coefficient (Wildman–Crippen LogP) is 2.44. The third-order valence-corrected chi connectivity index (χ3v) is 4.04. The normalized spacial score (nSPS) is 10.6. The summed E-state index contributed by atoms with van der Waals surface area (Å²) in [6.07, 6.45) is 1.71. The number of anilines is 1. The summed E-state index contributed by atoms with van der Waals surface area (Å²) in [6.45, 7) is 3.86. The van der Waals surface area contributed by atoms with Gasteiger partial charge in [-0.1, -0.05) is 18.2 Å². The molecule has 0 aliphatic heterocycles. The van der Waals surface area contributed by atoms with E-state index in [1.165, 1.54) is 4.80 Å². The van der Waals surface area contributed by atoms with Gasteiger partial charge in [-0.15, -0.1) is 10.2 Å². The molecule has 2 aromatic heterocycles. The lowest BCUT2D eigenvalue weighted by Gasteiger charge is -2.22. The number of nitrogens with one attached hydrogen (secondary N) is 1. The van der Waals surface area contributed by atoms with Gasteiger partial charge in [0.15, 0.2) is 0 Å². The maximum absolute atomic E-state index is 12.8. The zero-order valence-electron chi connectivity index (χ0n) is 15.9. The smallest absolute Gasteiger partial charge is 0.322 e. The summed E-state index contributed by atoms with van der Waals surface area (Å²) in [5.41, 5.74) is 2.24. The first-order valence-corrected chi connectivity index (χ1v) is 9.02. The summed E-state index contributed by atoms with van der Waals surface area (Å²) in [5.74, 6) is 0.516. The third kappa shape index (κ3) is 5.10. The predicted molar refractivity (Wildman–Crippen MR) is 104 cm³/mol. The van der Waals surface area contributed by atoms with E-state index in [4.69, 9.17) is 4.74 Å². The van der Waals surface area contributed by atoms with Gasteiger partial charge in [0, 0.05) is 31.1 Å². The van der Waals surface area contributed by atoms with Crippen LogP contribution in [0, 0.1) is 0 Å². The molecule has 28 heavy (non-hydrogen) atoms. The number of pyridine rings is 1. The van der Waals surface area contributed by atoms with Gasteiger partial charge in [0.05, 0.1) is 25.4 Å². The van der Waals surface area contributed by atoms with E-state index in [1.54, 1.807) is 18.2 Å². The van der Waals surface area contributed by atoms with Crippen LogP contribution in [0.4, 0.5) is 10.5 Å². The van der Waals surface area contributed by atoms with Gasteiger partial charge in [0.2, 0.25) is 5.82 Å². The van der Waals surface area contributed by atoms with Crippen molar-refractivity contribution >= 4 is 11.7 Å². The average Bonchev–Trinajstić information content (AvgIpc) is 3.21. The van der Waals surface area contributed by atoms with E-state index in [-0.39, 0.29) is 6.03 Å². The quantitative estimate of drug-likeness (QED) is 0.643. The molecule has 0 spiro atoms. The van der Waals surface area contributed by atoms with Crippen LogP contribution in [0.15, 0.2) is 48.7 Å². The lowest BCUT2D eigenvalue weighted by atomic mass is 10.2. The Hall–Kier alpha value is -3.33. The summed E-state index contributed by atoms with van der Waals surface area (Å²) < 4.78 is 5.13. The fourth-order valence-electron chi connectivity index (χ4n) is 2.57. The number of nitrogens with zero attached hydrogens (tertiary/aromatic N) is 6. The Labute approximate surface area is 163 Å². The molecule has 0 fully saturated rings. The molecule has 1 N–H and O–H groups in total. The Bertz CT molecular complexity index is 898. The van der Waals surface area contributed by atoms with Crippen LogP contribution in [0.3, 0.4) is 0 Å². The van der Waals surface area contributed by atoms with Gasteiger partial charge in [-0.3, -0.25) is 4.98 Å². The largest absolute Gasteiger partial charge is 0.383 e. The highest BCUT2D eigenvalue weighted by Crippen LogP contribution is 2.19. The number of ether oxygens (including phenoxy) is 1. The van der Waals surface area contributed by atoms with Crippen molar-refractivity contribution in [1.29, 1.82) is 0 Å². The first kappa shape index (κ1) is 19.4. The molecule has 0 saturated heterocycles. The minimum Gasteiger partial charge on any atom is -0.383 e. The number of tetrazole rings is 1. The van der Waals surface area contributed by atoms with Crippen molar-refractivity contribution in [3.8, 4) is 11.4 Å². The fraction of sp³-hybridized carbons (Fsp3) is 0.316. The maximum atomic E-state index is 12.8. The van der Waals surface area contributed by atoms with Gasteiger partial charge in [0.1, 0.15) is 0 Å². The number of urea groups is 1. The van der Waals surface area contributed by atoms with Gasteiger partial charge in [-0.05, 0) is 36.4 Å². The summed E-state index contributed by atoms with van der Waals surface area (Å²) in [6, 6.07) is 12.8. The molecule has 1 aromatic carbocycles. The van der Waals surface area contributed by atoms with Crippen molar-refractivity contribution in [2.24, 2.45) is 0 Å². The van der Waals surface area contributed by atoms with Crippen LogP contribution in [-0.4, -0.2) is 56.4 Å². The van der Waals surface area contributed by atoms with Gasteiger partial charge in [0.25, 0.3) is 0 Å². The van der Waals surface area contributed by atoms with Crippen molar-refractivity contribution in [2.75, 3.05) is 25.6 Å². The second-order valence-electron chi connectivity index (χ2n) is 6.05. The van der Waals surface area contributed by atoms with Crippen LogP contribution in [-0.2, 0) is 17.8 Å². The molecule has 0 unspecified atom stereocenters. The Morgan fingerprint density at radius 3 is 2.86 bits per heavy atom. The molecule has 9 heteroatoms. The van der Waals surface area contributed by atoms with Crippen molar-refractivity contribution < 1.29 is 9.53 Å². The van der Waals surface area contributed by atoms with Crippen molar-refractivity contribution in [3.05, 3.63) is 54.4 Å². The molecule has 0 aliphatic carbocycles. The Balaban J connectivity index is 1.72. The Kier molecular flexibility index (Phi) is 6.64. The van der Waals surface area contributed by atoms with Crippen LogP contribution in [0.1, 0.15) is 12.6 Å². The fourth-order valence-corrected chi connectivity index (χ4v) is 2.57. The SMILES string of the molecule is CCn1nnc(-c2cccc(NC(=O)N(CCOC)Cc3ccccn3)c2)n1. The van der Waals surface area contributed by atoms with Gasteiger partial charge in [-0.25, -0.2) is 4.79 Å². The van der Waals surface area contributed by atoms with Crippen molar-refractivity contribution in [2.45, 2.75) is 20.0 Å². The highest BCUT2D eigenvalue weighted by Gasteiger charge is 2.15. The highest BCUT2D eigenvalue weighted by molar-refractivity contribution is 5.90. The average molecular weight is 381 g/mol. The number of carbonyl (C=O) groups is 1. The minimum atomic E-state index is -0.231. The number of benzene rings is 1. The van der Waals surface area contributed by atoms with Gasteiger partial charge >= 0.3 is 6.03 Å². The number of hydrogen-bond acceptors (Lipinski definition) is 6. The number of amides is 2. The number of carbonyl (C=O) groups excluding carboxylic acids is 1. The molecular formula is C19H23N7O2. The van der Waals surface area contributed by atoms with Crippen LogP contribution < -0.4 is 5.32 Å². The van der Waals surface area contributed by atoms with E-state index in [1.807, 2.05) is 49.4 Å². The van der Waals surface area contributed by atoms with Crippen molar-refractivity contribution in [3.63, 3.8) is 0 Å². The van der Waals surface area contributed by atoms with Gasteiger partial charge < -0.3 is 15.0 Å². The number of aromatic nitrogens is 5. The first-order valence-electron chi connectivity index (χ1n) is 9.02. The standard InChI is InChI=1S/C19H23N7O2/c1-3-26-23-18(22-24-26)15-7-6-9-16(13-15)21-19(27)25(11-12-28-2)14-17-8-4-5-10-20-17/h4-10,13H,3,11-12,14H2,1-2H3,(H,21,27). The molecule has 0 aliphatic rings. The minimum absolute atomic E-state index is 0.231. The molecule has 0 radical (unpaired) electrons. The van der Waals surface area contributed by atoms with E-state index >= 15 is 0 Å². The van der Waals surface area contributed by atoms with Crippen LogP contribution in [0.25, 0.3) is 11.4 Å².